The highest BCUT2D eigenvalue weighted by molar-refractivity contribution is 5.87. The summed E-state index contributed by atoms with van der Waals surface area (Å²) in [4.78, 5) is 39.1. The largest absolute Gasteiger partial charge is 0.472 e. The Balaban J connectivity index is 1.54. The first-order chi connectivity index (χ1) is 20.3. The number of allylic oxidation sites excluding steroid dienone is 2. The lowest BCUT2D eigenvalue weighted by Crippen LogP contribution is -2.71. The fourth-order valence-electron chi connectivity index (χ4n) is 10.2. The summed E-state index contributed by atoms with van der Waals surface area (Å²) in [5.74, 6) is -1.66. The second-order valence-electron chi connectivity index (χ2n) is 14.1. The number of hydrogen-bond donors (Lipinski definition) is 0. The quantitative estimate of drug-likeness (QED) is 0.246. The van der Waals surface area contributed by atoms with Crippen molar-refractivity contribution >= 4 is 23.5 Å². The third kappa shape index (κ3) is 3.99. The first-order valence-corrected chi connectivity index (χ1v) is 15.4. The summed E-state index contributed by atoms with van der Waals surface area (Å²) in [6.07, 6.45) is 6.63. The average Bonchev–Trinajstić information content (AvgIpc) is 3.72. The number of carbonyl (C=O) groups excluding carboxylic acids is 3. The molecule has 0 amide bonds. The minimum absolute atomic E-state index is 0.0117. The van der Waals surface area contributed by atoms with Crippen LogP contribution in [0.2, 0.25) is 0 Å². The Labute approximate surface area is 253 Å². The van der Waals surface area contributed by atoms with Crippen LogP contribution in [0.5, 0.6) is 0 Å². The van der Waals surface area contributed by atoms with Crippen molar-refractivity contribution < 1.29 is 42.5 Å². The van der Waals surface area contributed by atoms with Crippen LogP contribution in [0.4, 0.5) is 0 Å². The number of rotatable bonds is 6. The molecule has 234 valence electrons. The molecule has 0 spiro atoms. The molecule has 0 radical (unpaired) electrons. The zero-order valence-electron chi connectivity index (χ0n) is 26.4. The molecular formula is C34H44O9. The van der Waals surface area contributed by atoms with E-state index in [0.717, 1.165) is 17.6 Å². The van der Waals surface area contributed by atoms with E-state index in [2.05, 4.69) is 33.8 Å². The summed E-state index contributed by atoms with van der Waals surface area (Å²) in [5, 5.41) is 0. The van der Waals surface area contributed by atoms with E-state index in [1.54, 1.807) is 32.4 Å². The van der Waals surface area contributed by atoms with Crippen molar-refractivity contribution in [3.63, 3.8) is 0 Å². The molecule has 5 aliphatic rings. The maximum absolute atomic E-state index is 13.4. The number of ether oxygens (including phenoxy) is 5. The van der Waals surface area contributed by atoms with Gasteiger partial charge in [-0.2, -0.15) is 0 Å². The Hall–Kier alpha value is -2.91. The Bertz CT molecular complexity index is 1380. The molecule has 3 unspecified atom stereocenters. The van der Waals surface area contributed by atoms with E-state index in [0.29, 0.717) is 18.6 Å². The van der Waals surface area contributed by atoms with Gasteiger partial charge in [-0.25, -0.2) is 4.79 Å². The fraction of sp³-hybridized carbons (Fsp3) is 0.676. The third-order valence-electron chi connectivity index (χ3n) is 12.2. The SMILES string of the molecule is C/C=C(/C)C(=O)O[C@H]1C[C@@H](OC(C)=O)[C@@]2(C)COC3C2[C@@]1(C)[C@@H](CC(=O)OC)[C@]1(C)C2CC=C(c4ccoc4)[C@@]2(C)O[C@H]31. The van der Waals surface area contributed by atoms with Crippen LogP contribution in [0.3, 0.4) is 0 Å². The van der Waals surface area contributed by atoms with Gasteiger partial charge in [-0.15, -0.1) is 0 Å². The van der Waals surface area contributed by atoms with Crippen LogP contribution in [0, 0.1) is 34.0 Å². The molecule has 3 aliphatic carbocycles. The van der Waals surface area contributed by atoms with Gasteiger partial charge < -0.3 is 28.1 Å². The number of furan rings is 1. The first-order valence-electron chi connectivity index (χ1n) is 15.4. The zero-order chi connectivity index (χ0) is 31.1. The summed E-state index contributed by atoms with van der Waals surface area (Å²) in [6.45, 7) is 13.9. The van der Waals surface area contributed by atoms with Crippen molar-refractivity contribution in [1.82, 2.24) is 0 Å². The molecule has 2 aliphatic heterocycles. The number of esters is 3. The van der Waals surface area contributed by atoms with Crippen LogP contribution in [0.15, 0.2) is 40.7 Å². The van der Waals surface area contributed by atoms with Crippen molar-refractivity contribution in [2.24, 2.45) is 34.0 Å². The Morgan fingerprint density at radius 3 is 2.44 bits per heavy atom. The van der Waals surface area contributed by atoms with Crippen LogP contribution in [0.1, 0.15) is 73.3 Å². The highest BCUT2D eigenvalue weighted by atomic mass is 16.6. The van der Waals surface area contributed by atoms with Crippen LogP contribution in [-0.2, 0) is 38.1 Å². The molecule has 4 fully saturated rings. The molecule has 9 heteroatoms. The summed E-state index contributed by atoms with van der Waals surface area (Å²) in [7, 11) is 1.41. The van der Waals surface area contributed by atoms with Crippen molar-refractivity contribution in [3.05, 3.63) is 41.9 Å². The van der Waals surface area contributed by atoms with Gasteiger partial charge in [0.25, 0.3) is 0 Å². The molecule has 0 bridgehead atoms. The maximum atomic E-state index is 13.4. The Morgan fingerprint density at radius 2 is 1.81 bits per heavy atom. The fourth-order valence-corrected chi connectivity index (χ4v) is 10.2. The highest BCUT2D eigenvalue weighted by Gasteiger charge is 2.80. The third-order valence-corrected chi connectivity index (χ3v) is 12.2. The standard InChI is InChI=1S/C34H44O9/c1-9-18(2)30(37)42-25-15-24(41-19(3)35)31(4)17-40-27-28(31)33(25,6)23(14-26(36)38-8)32(5)22-11-10-21(20-12-13-39-16-20)34(22,7)43-29(27)32/h9-10,12-13,16,22-25,27-29H,11,14-15,17H2,1-8H3/b18-9-/t22?,23-,24+,25-,27?,28?,29+,31+,32-,33-,34+/m0/s1. The van der Waals surface area contributed by atoms with E-state index in [4.69, 9.17) is 28.1 Å². The lowest BCUT2D eigenvalue weighted by atomic mass is 9.39. The van der Waals surface area contributed by atoms with Gasteiger partial charge in [0.1, 0.15) is 12.2 Å². The van der Waals surface area contributed by atoms with Crippen molar-refractivity contribution in [1.29, 1.82) is 0 Å². The molecule has 6 rings (SSSR count). The predicted molar refractivity (Wildman–Crippen MR) is 155 cm³/mol. The van der Waals surface area contributed by atoms with Gasteiger partial charge in [0.2, 0.25) is 0 Å². The number of hydrogen-bond acceptors (Lipinski definition) is 9. The molecule has 1 aromatic rings. The van der Waals surface area contributed by atoms with Gasteiger partial charge >= 0.3 is 17.9 Å². The first kappa shape index (κ1) is 30.1. The molecule has 0 aromatic carbocycles. The van der Waals surface area contributed by atoms with Gasteiger partial charge in [0.15, 0.2) is 0 Å². The summed E-state index contributed by atoms with van der Waals surface area (Å²) >= 11 is 0. The Morgan fingerprint density at radius 1 is 1.07 bits per heavy atom. The highest BCUT2D eigenvalue weighted by Crippen LogP contribution is 2.75. The van der Waals surface area contributed by atoms with Crippen molar-refractivity contribution in [2.45, 2.75) is 97.7 Å². The van der Waals surface area contributed by atoms with E-state index < -0.39 is 46.0 Å². The van der Waals surface area contributed by atoms with Crippen molar-refractivity contribution in [2.75, 3.05) is 13.7 Å². The van der Waals surface area contributed by atoms with Crippen LogP contribution < -0.4 is 0 Å². The predicted octanol–water partition coefficient (Wildman–Crippen LogP) is 5.28. The summed E-state index contributed by atoms with van der Waals surface area (Å²) in [5.41, 5.74) is -0.00917. The second kappa shape index (κ2) is 10.1. The summed E-state index contributed by atoms with van der Waals surface area (Å²) < 4.78 is 37.1. The Kier molecular flexibility index (Phi) is 7.05. The number of carbonyl (C=O) groups is 3. The minimum atomic E-state index is -0.733. The van der Waals surface area contributed by atoms with Gasteiger partial charge in [0, 0.05) is 59.0 Å². The molecule has 9 nitrogen and oxygen atoms in total. The lowest BCUT2D eigenvalue weighted by Gasteiger charge is -2.65. The smallest absolute Gasteiger partial charge is 0.333 e. The van der Waals surface area contributed by atoms with E-state index in [-0.39, 0.29) is 42.4 Å². The van der Waals surface area contributed by atoms with E-state index in [9.17, 15) is 14.4 Å². The van der Waals surface area contributed by atoms with Gasteiger partial charge in [0.05, 0.1) is 44.1 Å². The van der Waals surface area contributed by atoms with E-state index in [1.165, 1.54) is 14.0 Å². The van der Waals surface area contributed by atoms with E-state index in [1.807, 2.05) is 6.07 Å². The van der Waals surface area contributed by atoms with Crippen LogP contribution in [0.25, 0.3) is 5.57 Å². The zero-order valence-corrected chi connectivity index (χ0v) is 26.4. The molecule has 2 saturated heterocycles. The number of fused-ring (bicyclic) bond motifs is 4. The molecule has 3 heterocycles. The second-order valence-corrected chi connectivity index (χ2v) is 14.1. The van der Waals surface area contributed by atoms with Crippen LogP contribution in [-0.4, -0.2) is 61.6 Å². The lowest BCUT2D eigenvalue weighted by molar-refractivity contribution is -0.257. The molecule has 1 aromatic heterocycles. The summed E-state index contributed by atoms with van der Waals surface area (Å²) in [6, 6.07) is 1.95. The van der Waals surface area contributed by atoms with Gasteiger partial charge in [-0.3, -0.25) is 9.59 Å². The molecule has 0 N–H and O–H groups in total. The molecule has 43 heavy (non-hydrogen) atoms. The molecule has 2 saturated carbocycles. The monoisotopic (exact) mass is 596 g/mol. The van der Waals surface area contributed by atoms with Gasteiger partial charge in [-0.05, 0) is 44.7 Å². The normalized spacial score (nSPS) is 44.6. The molecule has 11 atom stereocenters. The minimum Gasteiger partial charge on any atom is -0.472 e. The average molecular weight is 597 g/mol. The number of methoxy groups -OCH3 is 1. The molecular weight excluding hydrogens is 552 g/mol. The van der Waals surface area contributed by atoms with Crippen molar-refractivity contribution in [3.8, 4) is 0 Å². The topological polar surface area (TPSA) is 111 Å². The van der Waals surface area contributed by atoms with Gasteiger partial charge in [-0.1, -0.05) is 32.9 Å². The van der Waals surface area contributed by atoms with E-state index >= 15 is 0 Å². The van der Waals surface area contributed by atoms with Crippen LogP contribution >= 0.6 is 0 Å². The maximum Gasteiger partial charge on any atom is 0.333 e.